The lowest BCUT2D eigenvalue weighted by atomic mass is 10.3. The van der Waals surface area contributed by atoms with Crippen molar-refractivity contribution in [2.24, 2.45) is 5.73 Å². The molecule has 0 radical (unpaired) electrons. The van der Waals surface area contributed by atoms with Crippen molar-refractivity contribution < 1.29 is 9.13 Å². The molecule has 2 aromatic rings. The van der Waals surface area contributed by atoms with Crippen molar-refractivity contribution in [3.8, 4) is 11.6 Å². The lowest BCUT2D eigenvalue weighted by Crippen LogP contribution is -2.09. The molecule has 0 aliphatic heterocycles. The first-order valence-corrected chi connectivity index (χ1v) is 6.15. The molecule has 92 valence electrons. The molecule has 18 heavy (non-hydrogen) atoms. The zero-order valence-electron chi connectivity index (χ0n) is 9.06. The van der Waals surface area contributed by atoms with Crippen molar-refractivity contribution in [2.45, 2.75) is 0 Å². The van der Waals surface area contributed by atoms with Gasteiger partial charge in [0.25, 0.3) is 0 Å². The minimum Gasteiger partial charge on any atom is -0.439 e. The van der Waals surface area contributed by atoms with Crippen molar-refractivity contribution in [1.29, 1.82) is 0 Å². The van der Waals surface area contributed by atoms with Gasteiger partial charge in [0.2, 0.25) is 5.88 Å². The molecule has 2 N–H and O–H groups in total. The molecule has 0 amide bonds. The number of nitrogens with zero attached hydrogens (tertiary/aromatic N) is 1. The molecule has 6 heteroatoms. The Labute approximate surface area is 117 Å². The van der Waals surface area contributed by atoms with Crippen LogP contribution >= 0.6 is 28.1 Å². The predicted molar refractivity (Wildman–Crippen MR) is 74.3 cm³/mol. The number of pyridine rings is 1. The zero-order valence-corrected chi connectivity index (χ0v) is 11.5. The van der Waals surface area contributed by atoms with E-state index in [4.69, 9.17) is 22.7 Å². The highest BCUT2D eigenvalue weighted by molar-refractivity contribution is 9.10. The van der Waals surface area contributed by atoms with E-state index in [1.165, 1.54) is 24.4 Å². The minimum absolute atomic E-state index is 0.276. The summed E-state index contributed by atoms with van der Waals surface area (Å²) in [5, 5.41) is 0. The number of benzene rings is 1. The van der Waals surface area contributed by atoms with Crippen LogP contribution in [0.1, 0.15) is 5.56 Å². The zero-order chi connectivity index (χ0) is 13.1. The Kier molecular flexibility index (Phi) is 3.88. The maximum atomic E-state index is 13.0. The molecule has 0 saturated heterocycles. The molecule has 0 aliphatic carbocycles. The average Bonchev–Trinajstić information content (AvgIpc) is 2.34. The number of aromatic nitrogens is 1. The Morgan fingerprint density at radius 1 is 1.33 bits per heavy atom. The molecule has 0 saturated carbocycles. The van der Waals surface area contributed by atoms with Crippen molar-refractivity contribution >= 4 is 33.1 Å². The Morgan fingerprint density at radius 3 is 2.67 bits per heavy atom. The fourth-order valence-electron chi connectivity index (χ4n) is 1.25. The number of thiocarbonyl (C=S) groups is 1. The van der Waals surface area contributed by atoms with Crippen molar-refractivity contribution in [3.05, 3.63) is 52.4 Å². The molecule has 0 spiro atoms. The van der Waals surface area contributed by atoms with Crippen LogP contribution in [0.5, 0.6) is 11.6 Å². The standard InChI is InChI=1S/C12H8BrFN2OS/c13-9-5-8(2-3-10(9)14)17-11-4-1-7(6-16-11)12(15)18/h1-6H,(H2,15,18). The van der Waals surface area contributed by atoms with E-state index < -0.39 is 0 Å². The topological polar surface area (TPSA) is 48.1 Å². The molecule has 1 heterocycles. The molecule has 0 bridgehead atoms. The second kappa shape index (κ2) is 5.41. The summed E-state index contributed by atoms with van der Waals surface area (Å²) in [6.07, 6.45) is 1.52. The average molecular weight is 327 g/mol. The maximum Gasteiger partial charge on any atom is 0.219 e. The third kappa shape index (κ3) is 3.02. The van der Waals surface area contributed by atoms with Gasteiger partial charge in [0.1, 0.15) is 16.6 Å². The fourth-order valence-corrected chi connectivity index (χ4v) is 1.73. The van der Waals surface area contributed by atoms with E-state index in [2.05, 4.69) is 20.9 Å². The quantitative estimate of drug-likeness (QED) is 0.878. The van der Waals surface area contributed by atoms with E-state index in [9.17, 15) is 4.39 Å². The third-order valence-corrected chi connectivity index (χ3v) is 2.98. The van der Waals surface area contributed by atoms with E-state index in [1.54, 1.807) is 12.1 Å². The molecule has 0 unspecified atom stereocenters. The first-order valence-electron chi connectivity index (χ1n) is 4.95. The molecule has 0 aliphatic rings. The number of halogens is 2. The van der Waals surface area contributed by atoms with E-state index in [0.29, 0.717) is 21.7 Å². The minimum atomic E-state index is -0.348. The van der Waals surface area contributed by atoms with Crippen LogP contribution < -0.4 is 10.5 Å². The summed E-state index contributed by atoms with van der Waals surface area (Å²) in [6, 6.07) is 7.71. The van der Waals surface area contributed by atoms with Crippen LogP contribution in [0.2, 0.25) is 0 Å². The highest BCUT2D eigenvalue weighted by Crippen LogP contribution is 2.25. The van der Waals surface area contributed by atoms with Gasteiger partial charge in [-0.2, -0.15) is 0 Å². The van der Waals surface area contributed by atoms with E-state index in [-0.39, 0.29) is 10.8 Å². The van der Waals surface area contributed by atoms with Crippen LogP contribution in [0, 0.1) is 5.82 Å². The molecule has 0 fully saturated rings. The molecular weight excluding hydrogens is 319 g/mol. The second-order valence-corrected chi connectivity index (χ2v) is 4.72. The van der Waals surface area contributed by atoms with Crippen LogP contribution in [-0.2, 0) is 0 Å². The normalized spacial score (nSPS) is 10.1. The number of rotatable bonds is 3. The van der Waals surface area contributed by atoms with Gasteiger partial charge in [0.05, 0.1) is 4.47 Å². The maximum absolute atomic E-state index is 13.0. The van der Waals surface area contributed by atoms with Crippen molar-refractivity contribution in [3.63, 3.8) is 0 Å². The fraction of sp³-hybridized carbons (Fsp3) is 0. The van der Waals surface area contributed by atoms with Gasteiger partial charge in [-0.25, -0.2) is 9.37 Å². The summed E-state index contributed by atoms with van der Waals surface area (Å²) >= 11 is 7.90. The summed E-state index contributed by atoms with van der Waals surface area (Å²) in [7, 11) is 0. The van der Waals surface area contributed by atoms with Gasteiger partial charge in [-0.05, 0) is 40.2 Å². The SMILES string of the molecule is NC(=S)c1ccc(Oc2ccc(F)c(Br)c2)nc1. The number of hydrogen-bond donors (Lipinski definition) is 1. The lowest BCUT2D eigenvalue weighted by Gasteiger charge is -2.06. The van der Waals surface area contributed by atoms with Gasteiger partial charge in [-0.15, -0.1) is 0 Å². The van der Waals surface area contributed by atoms with Gasteiger partial charge >= 0.3 is 0 Å². The highest BCUT2D eigenvalue weighted by Gasteiger charge is 2.04. The Balaban J connectivity index is 2.18. The molecule has 3 nitrogen and oxygen atoms in total. The van der Waals surface area contributed by atoms with Gasteiger partial charge < -0.3 is 10.5 Å². The highest BCUT2D eigenvalue weighted by atomic mass is 79.9. The number of nitrogens with two attached hydrogens (primary N) is 1. The number of ether oxygens (including phenoxy) is 1. The van der Waals surface area contributed by atoms with Gasteiger partial charge in [-0.3, -0.25) is 0 Å². The summed E-state index contributed by atoms with van der Waals surface area (Å²) < 4.78 is 18.8. The molecule has 1 aromatic carbocycles. The molecule has 0 atom stereocenters. The lowest BCUT2D eigenvalue weighted by molar-refractivity contribution is 0.460. The second-order valence-electron chi connectivity index (χ2n) is 3.43. The Hall–Kier alpha value is -1.53. The Morgan fingerprint density at radius 2 is 2.11 bits per heavy atom. The van der Waals surface area contributed by atoms with E-state index in [0.717, 1.165) is 0 Å². The van der Waals surface area contributed by atoms with Crippen LogP contribution in [0.4, 0.5) is 4.39 Å². The largest absolute Gasteiger partial charge is 0.439 e. The molecule has 1 aromatic heterocycles. The van der Waals surface area contributed by atoms with Gasteiger partial charge in [0, 0.05) is 17.8 Å². The van der Waals surface area contributed by atoms with Gasteiger partial charge in [0.15, 0.2) is 0 Å². The van der Waals surface area contributed by atoms with Gasteiger partial charge in [-0.1, -0.05) is 12.2 Å². The Bertz CT molecular complexity index is 589. The summed E-state index contributed by atoms with van der Waals surface area (Å²) in [6.45, 7) is 0. The summed E-state index contributed by atoms with van der Waals surface area (Å²) in [4.78, 5) is 4.32. The van der Waals surface area contributed by atoms with Crippen molar-refractivity contribution in [2.75, 3.05) is 0 Å². The van der Waals surface area contributed by atoms with E-state index >= 15 is 0 Å². The van der Waals surface area contributed by atoms with Crippen LogP contribution in [0.3, 0.4) is 0 Å². The summed E-state index contributed by atoms with van der Waals surface area (Å²) in [5.41, 5.74) is 6.12. The number of hydrogen-bond acceptors (Lipinski definition) is 3. The summed E-state index contributed by atoms with van der Waals surface area (Å²) in [5.74, 6) is 0.520. The van der Waals surface area contributed by atoms with Crippen LogP contribution in [0.15, 0.2) is 41.0 Å². The van der Waals surface area contributed by atoms with Crippen LogP contribution in [0.25, 0.3) is 0 Å². The predicted octanol–water partition coefficient (Wildman–Crippen LogP) is 3.41. The van der Waals surface area contributed by atoms with Crippen molar-refractivity contribution in [1.82, 2.24) is 4.98 Å². The van der Waals surface area contributed by atoms with Crippen LogP contribution in [-0.4, -0.2) is 9.97 Å². The first kappa shape index (κ1) is 12.9. The molecule has 2 rings (SSSR count). The van der Waals surface area contributed by atoms with E-state index in [1.807, 2.05) is 0 Å². The molecular formula is C12H8BrFN2OS. The third-order valence-electron chi connectivity index (χ3n) is 2.13. The monoisotopic (exact) mass is 326 g/mol. The first-order chi connectivity index (χ1) is 8.56. The smallest absolute Gasteiger partial charge is 0.219 e.